The predicted octanol–water partition coefficient (Wildman–Crippen LogP) is 2.50. The molecule has 2 bridgehead atoms. The first kappa shape index (κ1) is 12.0. The van der Waals surface area contributed by atoms with E-state index in [-0.39, 0.29) is 0 Å². The van der Waals surface area contributed by atoms with Crippen LogP contribution in [0, 0.1) is 17.8 Å². The summed E-state index contributed by atoms with van der Waals surface area (Å²) in [6, 6.07) is 0.842. The first-order valence-corrected chi connectivity index (χ1v) is 7.81. The molecule has 3 fully saturated rings. The summed E-state index contributed by atoms with van der Waals surface area (Å²) in [6.07, 6.45) is 8.88. The fraction of sp³-hybridized carbons (Fsp3) is 1.00. The van der Waals surface area contributed by atoms with Crippen LogP contribution in [-0.4, -0.2) is 37.1 Å². The third kappa shape index (κ3) is 2.53. The zero-order valence-electron chi connectivity index (χ0n) is 11.3. The lowest BCUT2D eigenvalue weighted by Gasteiger charge is -2.33. The van der Waals surface area contributed by atoms with E-state index in [1.54, 1.807) is 19.3 Å². The minimum Gasteiger partial charge on any atom is -0.315 e. The fourth-order valence-electron chi connectivity index (χ4n) is 4.56. The second kappa shape index (κ2) is 5.27. The van der Waals surface area contributed by atoms with Crippen molar-refractivity contribution in [2.45, 2.75) is 51.5 Å². The first-order chi connectivity index (χ1) is 8.36. The van der Waals surface area contributed by atoms with Crippen LogP contribution in [0.25, 0.3) is 0 Å². The van der Waals surface area contributed by atoms with Gasteiger partial charge in [0, 0.05) is 19.1 Å². The Morgan fingerprint density at radius 3 is 2.71 bits per heavy atom. The van der Waals surface area contributed by atoms with E-state index < -0.39 is 0 Å². The minimum absolute atomic E-state index is 0.842. The maximum atomic E-state index is 3.53. The topological polar surface area (TPSA) is 15.3 Å². The maximum absolute atomic E-state index is 3.53. The van der Waals surface area contributed by atoms with Gasteiger partial charge in [-0.3, -0.25) is 4.90 Å². The van der Waals surface area contributed by atoms with Gasteiger partial charge in [0.1, 0.15) is 0 Å². The molecule has 3 rings (SSSR count). The Balaban J connectivity index is 1.56. The van der Waals surface area contributed by atoms with Crippen molar-refractivity contribution in [1.82, 2.24) is 10.2 Å². The lowest BCUT2D eigenvalue weighted by atomic mass is 9.88. The predicted molar refractivity (Wildman–Crippen MR) is 72.1 cm³/mol. The monoisotopic (exact) mass is 236 g/mol. The van der Waals surface area contributed by atoms with Crippen LogP contribution in [0.15, 0.2) is 0 Å². The van der Waals surface area contributed by atoms with E-state index in [0.717, 1.165) is 23.8 Å². The van der Waals surface area contributed by atoms with Crippen LogP contribution in [0.2, 0.25) is 0 Å². The van der Waals surface area contributed by atoms with E-state index in [0.29, 0.717) is 0 Å². The molecule has 1 heterocycles. The fourth-order valence-corrected chi connectivity index (χ4v) is 4.56. The van der Waals surface area contributed by atoms with Crippen molar-refractivity contribution in [2.24, 2.45) is 17.8 Å². The highest BCUT2D eigenvalue weighted by Crippen LogP contribution is 2.48. The molecule has 3 aliphatic rings. The van der Waals surface area contributed by atoms with Crippen molar-refractivity contribution >= 4 is 0 Å². The third-order valence-corrected chi connectivity index (χ3v) is 5.42. The average molecular weight is 236 g/mol. The molecular formula is C15H28N2. The molecule has 2 saturated carbocycles. The quantitative estimate of drug-likeness (QED) is 0.789. The van der Waals surface area contributed by atoms with Crippen LogP contribution in [0.4, 0.5) is 0 Å². The Morgan fingerprint density at radius 2 is 2.12 bits per heavy atom. The van der Waals surface area contributed by atoms with E-state index in [1.165, 1.54) is 45.4 Å². The minimum atomic E-state index is 0.842. The van der Waals surface area contributed by atoms with Gasteiger partial charge in [0.25, 0.3) is 0 Å². The Kier molecular flexibility index (Phi) is 3.72. The zero-order valence-corrected chi connectivity index (χ0v) is 11.3. The molecule has 2 aliphatic carbocycles. The molecule has 0 radical (unpaired) electrons. The number of nitrogens with zero attached hydrogens (tertiary/aromatic N) is 1. The molecule has 2 nitrogen and oxygen atoms in total. The molecule has 0 aromatic rings. The van der Waals surface area contributed by atoms with Gasteiger partial charge in [0.05, 0.1) is 0 Å². The van der Waals surface area contributed by atoms with Crippen LogP contribution in [0.1, 0.15) is 45.4 Å². The molecule has 1 aliphatic heterocycles. The second-order valence-electron chi connectivity index (χ2n) is 6.58. The Morgan fingerprint density at radius 1 is 1.18 bits per heavy atom. The molecule has 0 aromatic heterocycles. The van der Waals surface area contributed by atoms with Gasteiger partial charge < -0.3 is 5.32 Å². The molecule has 4 atom stereocenters. The van der Waals surface area contributed by atoms with Crippen LogP contribution in [0.5, 0.6) is 0 Å². The maximum Gasteiger partial charge on any atom is 0.0232 e. The molecule has 17 heavy (non-hydrogen) atoms. The average Bonchev–Trinajstić information content (AvgIpc) is 3.06. The number of nitrogens with one attached hydrogen (secondary N) is 1. The molecule has 1 N–H and O–H groups in total. The van der Waals surface area contributed by atoms with Crippen molar-refractivity contribution < 1.29 is 0 Å². The third-order valence-electron chi connectivity index (χ3n) is 5.42. The molecule has 0 spiro atoms. The summed E-state index contributed by atoms with van der Waals surface area (Å²) in [7, 11) is 0. The molecule has 98 valence electrons. The lowest BCUT2D eigenvalue weighted by Crippen LogP contribution is -2.41. The van der Waals surface area contributed by atoms with Crippen molar-refractivity contribution in [1.29, 1.82) is 0 Å². The van der Waals surface area contributed by atoms with Gasteiger partial charge in [-0.2, -0.15) is 0 Å². The van der Waals surface area contributed by atoms with Gasteiger partial charge in [-0.15, -0.1) is 0 Å². The Labute approximate surface area is 106 Å². The largest absolute Gasteiger partial charge is 0.315 e. The molecule has 2 heteroatoms. The lowest BCUT2D eigenvalue weighted by molar-refractivity contribution is 0.149. The molecular weight excluding hydrogens is 208 g/mol. The molecule has 4 unspecified atom stereocenters. The summed E-state index contributed by atoms with van der Waals surface area (Å²) < 4.78 is 0. The number of hydrogen-bond donors (Lipinski definition) is 1. The van der Waals surface area contributed by atoms with Crippen LogP contribution in [-0.2, 0) is 0 Å². The van der Waals surface area contributed by atoms with Crippen molar-refractivity contribution in [3.05, 3.63) is 0 Å². The van der Waals surface area contributed by atoms with E-state index >= 15 is 0 Å². The summed E-state index contributed by atoms with van der Waals surface area (Å²) in [4.78, 5) is 2.81. The van der Waals surface area contributed by atoms with E-state index in [9.17, 15) is 0 Å². The smallest absolute Gasteiger partial charge is 0.0232 e. The number of rotatable bonds is 5. The highest BCUT2D eigenvalue weighted by atomic mass is 15.2. The van der Waals surface area contributed by atoms with Crippen LogP contribution < -0.4 is 5.32 Å². The number of fused-ring (bicyclic) bond motifs is 2. The van der Waals surface area contributed by atoms with Crippen LogP contribution in [0.3, 0.4) is 0 Å². The van der Waals surface area contributed by atoms with Gasteiger partial charge in [0.15, 0.2) is 0 Å². The second-order valence-corrected chi connectivity index (χ2v) is 6.58. The first-order valence-electron chi connectivity index (χ1n) is 7.81. The summed E-state index contributed by atoms with van der Waals surface area (Å²) in [6.45, 7) is 7.53. The Bertz CT molecular complexity index is 247. The van der Waals surface area contributed by atoms with Crippen molar-refractivity contribution in [3.63, 3.8) is 0 Å². The van der Waals surface area contributed by atoms with Crippen molar-refractivity contribution in [3.8, 4) is 0 Å². The zero-order chi connectivity index (χ0) is 11.7. The van der Waals surface area contributed by atoms with E-state index in [2.05, 4.69) is 17.1 Å². The van der Waals surface area contributed by atoms with Crippen molar-refractivity contribution in [2.75, 3.05) is 26.2 Å². The SMILES string of the molecule is CCCN(CC1CC2CCC1C2)C1CCNC1. The summed E-state index contributed by atoms with van der Waals surface area (Å²) in [5.41, 5.74) is 0. The van der Waals surface area contributed by atoms with E-state index in [4.69, 9.17) is 0 Å². The molecule has 0 amide bonds. The highest BCUT2D eigenvalue weighted by molar-refractivity contribution is 4.92. The summed E-state index contributed by atoms with van der Waals surface area (Å²) >= 11 is 0. The Hall–Kier alpha value is -0.0800. The van der Waals surface area contributed by atoms with Crippen LogP contribution >= 0.6 is 0 Å². The van der Waals surface area contributed by atoms with Gasteiger partial charge in [-0.05, 0) is 62.9 Å². The van der Waals surface area contributed by atoms with Gasteiger partial charge in [0.2, 0.25) is 0 Å². The molecule has 0 aromatic carbocycles. The van der Waals surface area contributed by atoms with Gasteiger partial charge in [-0.1, -0.05) is 13.3 Å². The highest BCUT2D eigenvalue weighted by Gasteiger charge is 2.40. The molecule has 1 saturated heterocycles. The normalized spacial score (nSPS) is 40.6. The summed E-state index contributed by atoms with van der Waals surface area (Å²) in [5.74, 6) is 3.24. The van der Waals surface area contributed by atoms with Gasteiger partial charge >= 0.3 is 0 Å². The van der Waals surface area contributed by atoms with E-state index in [1.807, 2.05) is 0 Å². The number of hydrogen-bond acceptors (Lipinski definition) is 2. The standard InChI is InChI=1S/C15H28N2/c1-2-7-17(15-5-6-16-10-15)11-14-9-12-3-4-13(14)8-12/h12-16H,2-11H2,1H3. The van der Waals surface area contributed by atoms with Gasteiger partial charge in [-0.25, -0.2) is 0 Å². The summed E-state index contributed by atoms with van der Waals surface area (Å²) in [5, 5.41) is 3.53.